The first-order valence-electron chi connectivity index (χ1n) is 4.49. The van der Waals surface area contributed by atoms with Gasteiger partial charge in [0.05, 0.1) is 17.1 Å². The zero-order valence-electron chi connectivity index (χ0n) is 7.32. The average Bonchev–Trinajstić information content (AvgIpc) is 2.65. The molecular formula is C9H11N3S. The summed E-state index contributed by atoms with van der Waals surface area (Å²) in [5.41, 5.74) is 1.34. The van der Waals surface area contributed by atoms with E-state index in [0.717, 1.165) is 0 Å². The summed E-state index contributed by atoms with van der Waals surface area (Å²) >= 11 is 1.57. The molecule has 3 atom stereocenters. The van der Waals surface area contributed by atoms with Crippen molar-refractivity contribution in [2.24, 2.45) is 0 Å². The maximum atomic E-state index is 4.21. The van der Waals surface area contributed by atoms with Gasteiger partial charge < -0.3 is 0 Å². The molecule has 0 saturated carbocycles. The van der Waals surface area contributed by atoms with E-state index in [-0.39, 0.29) is 0 Å². The van der Waals surface area contributed by atoms with Gasteiger partial charge in [-0.2, -0.15) is 0 Å². The maximum absolute atomic E-state index is 4.21. The van der Waals surface area contributed by atoms with E-state index in [4.69, 9.17) is 0 Å². The summed E-state index contributed by atoms with van der Waals surface area (Å²) in [5.74, 6) is 0. The highest BCUT2D eigenvalue weighted by atomic mass is 32.1. The SMILES string of the molecule is CC1NC2C=Cc3sncc3C2N1. The second kappa shape index (κ2) is 2.64. The number of rotatable bonds is 0. The lowest BCUT2D eigenvalue weighted by Crippen LogP contribution is -2.29. The fraction of sp³-hybridized carbons (Fsp3) is 0.444. The van der Waals surface area contributed by atoms with Crippen LogP contribution in [0.4, 0.5) is 0 Å². The van der Waals surface area contributed by atoms with Crippen molar-refractivity contribution in [1.82, 2.24) is 15.0 Å². The van der Waals surface area contributed by atoms with E-state index in [9.17, 15) is 0 Å². The van der Waals surface area contributed by atoms with E-state index in [1.807, 2.05) is 6.20 Å². The number of aromatic nitrogens is 1. The molecule has 0 aromatic carbocycles. The predicted octanol–water partition coefficient (Wildman–Crippen LogP) is 1.12. The van der Waals surface area contributed by atoms with Crippen LogP contribution in [0.25, 0.3) is 6.08 Å². The fourth-order valence-electron chi connectivity index (χ4n) is 2.06. The Labute approximate surface area is 81.0 Å². The summed E-state index contributed by atoms with van der Waals surface area (Å²) in [4.78, 5) is 1.30. The fourth-order valence-corrected chi connectivity index (χ4v) is 2.77. The van der Waals surface area contributed by atoms with Crippen molar-refractivity contribution in [3.05, 3.63) is 22.7 Å². The van der Waals surface area contributed by atoms with Crippen molar-refractivity contribution < 1.29 is 0 Å². The third-order valence-electron chi connectivity index (χ3n) is 2.65. The molecule has 1 aromatic heterocycles. The van der Waals surface area contributed by atoms with Crippen LogP contribution >= 0.6 is 11.5 Å². The van der Waals surface area contributed by atoms with E-state index in [2.05, 4.69) is 34.1 Å². The first kappa shape index (κ1) is 7.67. The van der Waals surface area contributed by atoms with Crippen LogP contribution in [-0.4, -0.2) is 16.6 Å². The molecule has 68 valence electrons. The highest BCUT2D eigenvalue weighted by molar-refractivity contribution is 7.06. The molecule has 4 heteroatoms. The van der Waals surface area contributed by atoms with Crippen molar-refractivity contribution in [2.75, 3.05) is 0 Å². The summed E-state index contributed by atoms with van der Waals surface area (Å²) in [6.45, 7) is 2.14. The number of hydrogen-bond acceptors (Lipinski definition) is 4. The van der Waals surface area contributed by atoms with Gasteiger partial charge in [0.25, 0.3) is 0 Å². The Morgan fingerprint density at radius 1 is 1.46 bits per heavy atom. The molecule has 3 rings (SSSR count). The Balaban J connectivity index is 2.05. The lowest BCUT2D eigenvalue weighted by molar-refractivity contribution is 0.569. The summed E-state index contributed by atoms with van der Waals surface area (Å²) < 4.78 is 4.21. The zero-order valence-corrected chi connectivity index (χ0v) is 8.14. The molecule has 1 aliphatic carbocycles. The Hall–Kier alpha value is -0.710. The monoisotopic (exact) mass is 193 g/mol. The molecule has 0 amide bonds. The van der Waals surface area contributed by atoms with Crippen LogP contribution < -0.4 is 10.6 Å². The van der Waals surface area contributed by atoms with E-state index in [1.54, 1.807) is 11.5 Å². The van der Waals surface area contributed by atoms with Gasteiger partial charge in [0.2, 0.25) is 0 Å². The van der Waals surface area contributed by atoms with Gasteiger partial charge in [0.1, 0.15) is 0 Å². The van der Waals surface area contributed by atoms with Crippen molar-refractivity contribution in [3.8, 4) is 0 Å². The summed E-state index contributed by atoms with van der Waals surface area (Å²) in [5, 5.41) is 6.97. The van der Waals surface area contributed by atoms with Gasteiger partial charge in [-0.15, -0.1) is 0 Å². The van der Waals surface area contributed by atoms with Crippen molar-refractivity contribution in [1.29, 1.82) is 0 Å². The van der Waals surface area contributed by atoms with Crippen molar-refractivity contribution in [3.63, 3.8) is 0 Å². The number of fused-ring (bicyclic) bond motifs is 3. The van der Waals surface area contributed by atoms with Crippen LogP contribution in [0.3, 0.4) is 0 Å². The van der Waals surface area contributed by atoms with Gasteiger partial charge in [0, 0.05) is 17.8 Å². The molecule has 1 fully saturated rings. The van der Waals surface area contributed by atoms with Gasteiger partial charge in [-0.05, 0) is 24.5 Å². The van der Waals surface area contributed by atoms with Crippen LogP contribution in [0.5, 0.6) is 0 Å². The molecular weight excluding hydrogens is 182 g/mol. The quantitative estimate of drug-likeness (QED) is 0.648. The standard InChI is InChI=1S/C9H11N3S/c1-5-11-7-2-3-8-6(4-10-13-8)9(7)12-5/h2-5,7,9,11-12H,1H3. The number of nitrogens with one attached hydrogen (secondary N) is 2. The highest BCUT2D eigenvalue weighted by Gasteiger charge is 2.34. The minimum absolute atomic E-state index is 0.394. The average molecular weight is 193 g/mol. The summed E-state index contributed by atoms with van der Waals surface area (Å²) in [6, 6.07) is 0.868. The normalized spacial score (nSPS) is 35.9. The van der Waals surface area contributed by atoms with Crippen molar-refractivity contribution >= 4 is 17.6 Å². The Morgan fingerprint density at radius 3 is 3.31 bits per heavy atom. The molecule has 1 aliphatic heterocycles. The second-order valence-corrected chi connectivity index (χ2v) is 4.40. The lowest BCUT2D eigenvalue weighted by atomic mass is 9.97. The van der Waals surface area contributed by atoms with E-state index in [0.29, 0.717) is 18.2 Å². The van der Waals surface area contributed by atoms with Gasteiger partial charge in [-0.25, -0.2) is 4.37 Å². The molecule has 0 spiro atoms. The Morgan fingerprint density at radius 2 is 2.38 bits per heavy atom. The molecule has 3 unspecified atom stereocenters. The van der Waals surface area contributed by atoms with E-state index in [1.165, 1.54) is 10.4 Å². The van der Waals surface area contributed by atoms with Crippen LogP contribution in [-0.2, 0) is 0 Å². The molecule has 2 N–H and O–H groups in total. The molecule has 1 saturated heterocycles. The molecule has 1 aromatic rings. The molecule has 0 radical (unpaired) electrons. The summed E-state index contributed by atoms with van der Waals surface area (Å²) in [6.07, 6.45) is 6.77. The number of hydrogen-bond donors (Lipinski definition) is 2. The van der Waals surface area contributed by atoms with Gasteiger partial charge >= 0.3 is 0 Å². The van der Waals surface area contributed by atoms with Crippen LogP contribution in [0.15, 0.2) is 12.3 Å². The lowest BCUT2D eigenvalue weighted by Gasteiger charge is -2.18. The highest BCUT2D eigenvalue weighted by Crippen LogP contribution is 2.32. The molecule has 13 heavy (non-hydrogen) atoms. The Kier molecular flexibility index (Phi) is 1.56. The van der Waals surface area contributed by atoms with E-state index < -0.39 is 0 Å². The van der Waals surface area contributed by atoms with Crippen LogP contribution in [0.2, 0.25) is 0 Å². The van der Waals surface area contributed by atoms with E-state index >= 15 is 0 Å². The number of nitrogens with zero attached hydrogens (tertiary/aromatic N) is 1. The molecule has 2 aliphatic rings. The smallest absolute Gasteiger partial charge is 0.0555 e. The first-order valence-corrected chi connectivity index (χ1v) is 5.27. The third-order valence-corrected chi connectivity index (χ3v) is 3.43. The summed E-state index contributed by atoms with van der Waals surface area (Å²) in [7, 11) is 0. The molecule has 3 nitrogen and oxygen atoms in total. The predicted molar refractivity (Wildman–Crippen MR) is 53.4 cm³/mol. The van der Waals surface area contributed by atoms with Crippen molar-refractivity contribution in [2.45, 2.75) is 25.2 Å². The topological polar surface area (TPSA) is 37.0 Å². The van der Waals surface area contributed by atoms with Crippen LogP contribution in [0.1, 0.15) is 23.4 Å². The molecule has 2 heterocycles. The molecule has 0 bridgehead atoms. The minimum atomic E-state index is 0.394. The van der Waals surface area contributed by atoms with Gasteiger partial charge in [-0.3, -0.25) is 10.6 Å². The first-order chi connectivity index (χ1) is 6.34. The third kappa shape index (κ3) is 1.06. The maximum Gasteiger partial charge on any atom is 0.0555 e. The largest absolute Gasteiger partial charge is 0.294 e. The van der Waals surface area contributed by atoms with Gasteiger partial charge in [-0.1, -0.05) is 6.08 Å². The van der Waals surface area contributed by atoms with Crippen LogP contribution in [0, 0.1) is 0 Å². The minimum Gasteiger partial charge on any atom is -0.294 e. The zero-order chi connectivity index (χ0) is 8.84. The van der Waals surface area contributed by atoms with Gasteiger partial charge in [0.15, 0.2) is 0 Å². The Bertz CT molecular complexity index is 357. The second-order valence-electron chi connectivity index (χ2n) is 3.56.